The Bertz CT molecular complexity index is 940. The fourth-order valence-electron chi connectivity index (χ4n) is 3.05. The number of ketones is 3. The van der Waals surface area contributed by atoms with E-state index in [9.17, 15) is 24.6 Å². The number of aromatic hydroxyl groups is 2. The monoisotopic (exact) mass is 380 g/mol. The van der Waals surface area contributed by atoms with Crippen molar-refractivity contribution in [1.29, 1.82) is 0 Å². The lowest BCUT2D eigenvalue weighted by molar-refractivity contribution is -0.120. The maximum Gasteiger partial charge on any atom is 0.194 e. The third-order valence-electron chi connectivity index (χ3n) is 4.43. The summed E-state index contributed by atoms with van der Waals surface area (Å²) in [6.07, 6.45) is 6.69. The standard InChI is InChI=1S/C23H24O5/c1-13(2)6-5-7-17(24)15(9-8-14(3)4)16-12-20(27)21-18(25)10-11-19(26)22(21)23(16)28/h5-6,8,10-12,15,25-26H,1,7,9H2,2-4H3/b6-5+/t15-/m1/s1. The van der Waals surface area contributed by atoms with Crippen LogP contribution in [0.4, 0.5) is 0 Å². The summed E-state index contributed by atoms with van der Waals surface area (Å²) in [6, 6.07) is 2.32. The minimum absolute atomic E-state index is 0.0321. The van der Waals surface area contributed by atoms with Crippen molar-refractivity contribution in [2.75, 3.05) is 0 Å². The third kappa shape index (κ3) is 4.55. The van der Waals surface area contributed by atoms with Gasteiger partial charge in [-0.1, -0.05) is 36.0 Å². The van der Waals surface area contributed by atoms with Gasteiger partial charge in [-0.25, -0.2) is 0 Å². The number of hydrogen-bond donors (Lipinski definition) is 2. The molecule has 0 saturated heterocycles. The van der Waals surface area contributed by atoms with Gasteiger partial charge in [-0.2, -0.15) is 0 Å². The molecule has 1 atom stereocenters. The SMILES string of the molecule is C=C(C)/C=C/CC(=O)[C@H](CC=C(C)C)C1=CC(=O)c2c(O)ccc(O)c2C1=O. The Morgan fingerprint density at radius 3 is 2.29 bits per heavy atom. The van der Waals surface area contributed by atoms with E-state index < -0.39 is 23.2 Å². The van der Waals surface area contributed by atoms with Crippen molar-refractivity contribution >= 4 is 17.3 Å². The van der Waals surface area contributed by atoms with Crippen LogP contribution >= 0.6 is 0 Å². The van der Waals surface area contributed by atoms with Crippen molar-refractivity contribution in [2.45, 2.75) is 33.6 Å². The van der Waals surface area contributed by atoms with Crippen LogP contribution < -0.4 is 0 Å². The molecule has 1 aromatic rings. The molecular formula is C23H24O5. The molecule has 0 bridgehead atoms. The Labute approximate surface area is 164 Å². The molecule has 0 unspecified atom stereocenters. The number of Topliss-reactive ketones (excluding diaryl/α,β-unsaturated/α-hetero) is 2. The first-order chi connectivity index (χ1) is 13.1. The number of carbonyl (C=O) groups excluding carboxylic acids is 3. The normalized spacial score (nSPS) is 14.5. The molecule has 1 aromatic carbocycles. The summed E-state index contributed by atoms with van der Waals surface area (Å²) in [6.45, 7) is 9.30. The highest BCUT2D eigenvalue weighted by molar-refractivity contribution is 6.27. The summed E-state index contributed by atoms with van der Waals surface area (Å²) < 4.78 is 0. The highest BCUT2D eigenvalue weighted by Gasteiger charge is 2.36. The number of hydrogen-bond acceptors (Lipinski definition) is 5. The average molecular weight is 380 g/mol. The molecule has 146 valence electrons. The van der Waals surface area contributed by atoms with Gasteiger partial charge in [0, 0.05) is 12.0 Å². The third-order valence-corrected chi connectivity index (χ3v) is 4.43. The highest BCUT2D eigenvalue weighted by atomic mass is 16.3. The van der Waals surface area contributed by atoms with Gasteiger partial charge >= 0.3 is 0 Å². The van der Waals surface area contributed by atoms with Gasteiger partial charge < -0.3 is 10.2 Å². The van der Waals surface area contributed by atoms with Gasteiger partial charge in [0.05, 0.1) is 17.0 Å². The molecule has 0 radical (unpaired) electrons. The van der Waals surface area contributed by atoms with Crippen LogP contribution in [0.1, 0.15) is 54.3 Å². The molecule has 2 rings (SSSR count). The Morgan fingerprint density at radius 2 is 1.71 bits per heavy atom. The highest BCUT2D eigenvalue weighted by Crippen LogP contribution is 2.37. The zero-order valence-electron chi connectivity index (χ0n) is 16.3. The number of fused-ring (bicyclic) bond motifs is 1. The van der Waals surface area contributed by atoms with Gasteiger partial charge in [0.15, 0.2) is 11.6 Å². The molecule has 0 fully saturated rings. The second-order valence-electron chi connectivity index (χ2n) is 7.14. The predicted octanol–water partition coefficient (Wildman–Crippen LogP) is 4.47. The number of allylic oxidation sites excluding steroid dienone is 7. The lowest BCUT2D eigenvalue weighted by Crippen LogP contribution is -2.26. The zero-order valence-corrected chi connectivity index (χ0v) is 16.3. The van der Waals surface area contributed by atoms with Crippen LogP contribution in [0.3, 0.4) is 0 Å². The van der Waals surface area contributed by atoms with Crippen molar-refractivity contribution < 1.29 is 24.6 Å². The lowest BCUT2D eigenvalue weighted by atomic mass is 9.79. The molecule has 5 nitrogen and oxygen atoms in total. The minimum atomic E-state index is -0.823. The van der Waals surface area contributed by atoms with Gasteiger partial charge in [-0.3, -0.25) is 14.4 Å². The summed E-state index contributed by atoms with van der Waals surface area (Å²) in [4.78, 5) is 38.4. The zero-order chi connectivity index (χ0) is 21.0. The van der Waals surface area contributed by atoms with E-state index in [2.05, 4.69) is 6.58 Å². The van der Waals surface area contributed by atoms with E-state index in [4.69, 9.17) is 0 Å². The van der Waals surface area contributed by atoms with E-state index >= 15 is 0 Å². The van der Waals surface area contributed by atoms with Crippen LogP contribution in [0.25, 0.3) is 0 Å². The molecule has 0 aromatic heterocycles. The maximum atomic E-state index is 13.0. The molecule has 0 aliphatic heterocycles. The smallest absolute Gasteiger partial charge is 0.194 e. The van der Waals surface area contributed by atoms with Crippen molar-refractivity contribution in [3.05, 3.63) is 70.9 Å². The van der Waals surface area contributed by atoms with Crippen molar-refractivity contribution in [2.24, 2.45) is 5.92 Å². The van der Waals surface area contributed by atoms with Crippen molar-refractivity contribution in [1.82, 2.24) is 0 Å². The molecule has 5 heteroatoms. The quantitative estimate of drug-likeness (QED) is 0.414. The Kier molecular flexibility index (Phi) is 6.52. The van der Waals surface area contributed by atoms with E-state index in [1.165, 1.54) is 0 Å². The number of carbonyl (C=O) groups is 3. The number of benzene rings is 1. The van der Waals surface area contributed by atoms with Gasteiger partial charge in [0.2, 0.25) is 0 Å². The van der Waals surface area contributed by atoms with E-state index in [1.54, 1.807) is 19.1 Å². The fourth-order valence-corrected chi connectivity index (χ4v) is 3.05. The lowest BCUT2D eigenvalue weighted by Gasteiger charge is -2.22. The number of phenolic OH excluding ortho intramolecular Hbond substituents is 2. The molecule has 1 aliphatic carbocycles. The topological polar surface area (TPSA) is 91.7 Å². The molecular weight excluding hydrogens is 356 g/mol. The largest absolute Gasteiger partial charge is 0.507 e. The molecule has 2 N–H and O–H groups in total. The first-order valence-electron chi connectivity index (χ1n) is 8.97. The van der Waals surface area contributed by atoms with Crippen LogP contribution in [-0.2, 0) is 4.79 Å². The van der Waals surface area contributed by atoms with Gasteiger partial charge in [-0.05, 0) is 45.4 Å². The first kappa shape index (κ1) is 21.1. The fraction of sp³-hybridized carbons (Fsp3) is 0.261. The Hall–Kier alpha value is -3.21. The molecule has 0 spiro atoms. The van der Waals surface area contributed by atoms with Crippen LogP contribution in [0, 0.1) is 5.92 Å². The summed E-state index contributed by atoms with van der Waals surface area (Å²) in [5.74, 6) is -3.04. The summed E-state index contributed by atoms with van der Waals surface area (Å²) in [5.41, 5.74) is 1.32. The van der Waals surface area contributed by atoms with E-state index in [0.717, 1.165) is 29.4 Å². The van der Waals surface area contributed by atoms with Crippen molar-refractivity contribution in [3.8, 4) is 11.5 Å². The van der Waals surface area contributed by atoms with Crippen LogP contribution in [0.5, 0.6) is 11.5 Å². The van der Waals surface area contributed by atoms with Gasteiger partial charge in [-0.15, -0.1) is 0 Å². The van der Waals surface area contributed by atoms with E-state index in [-0.39, 0.29) is 41.1 Å². The first-order valence-corrected chi connectivity index (χ1v) is 8.97. The van der Waals surface area contributed by atoms with Crippen LogP contribution in [0.15, 0.2) is 59.7 Å². The Morgan fingerprint density at radius 1 is 1.11 bits per heavy atom. The van der Waals surface area contributed by atoms with Gasteiger partial charge in [0.1, 0.15) is 17.3 Å². The summed E-state index contributed by atoms with van der Waals surface area (Å²) in [7, 11) is 0. The molecule has 0 amide bonds. The minimum Gasteiger partial charge on any atom is -0.507 e. The second kappa shape index (κ2) is 8.65. The molecule has 0 saturated carbocycles. The van der Waals surface area contributed by atoms with E-state index in [0.29, 0.717) is 0 Å². The average Bonchev–Trinajstić information content (AvgIpc) is 2.60. The molecule has 28 heavy (non-hydrogen) atoms. The van der Waals surface area contributed by atoms with E-state index in [1.807, 2.05) is 19.9 Å². The number of rotatable bonds is 7. The second-order valence-corrected chi connectivity index (χ2v) is 7.14. The van der Waals surface area contributed by atoms with Crippen molar-refractivity contribution in [3.63, 3.8) is 0 Å². The van der Waals surface area contributed by atoms with Crippen LogP contribution in [-0.4, -0.2) is 27.6 Å². The molecule has 1 aliphatic rings. The summed E-state index contributed by atoms with van der Waals surface area (Å²) in [5, 5.41) is 20.0. The number of phenols is 2. The van der Waals surface area contributed by atoms with Crippen LogP contribution in [0.2, 0.25) is 0 Å². The predicted molar refractivity (Wildman–Crippen MR) is 108 cm³/mol. The van der Waals surface area contributed by atoms with Gasteiger partial charge in [0.25, 0.3) is 0 Å². The maximum absolute atomic E-state index is 13.0. The Balaban J connectivity index is 2.48. The summed E-state index contributed by atoms with van der Waals surface area (Å²) >= 11 is 0. The molecule has 0 heterocycles.